The summed E-state index contributed by atoms with van der Waals surface area (Å²) in [7, 11) is 0. The first-order chi connectivity index (χ1) is 60.9. The molecule has 0 aromatic rings. The van der Waals surface area contributed by atoms with E-state index < -0.39 is 142 Å². The molecule has 129 heavy (non-hydrogen) atoms. The topological polar surface area (TPSA) is 626 Å². The normalized spacial score (nSPS) is 15.9. The number of hydrogen-bond donors (Lipinski definition) is 8. The van der Waals surface area contributed by atoms with E-state index in [2.05, 4.69) is 34.5 Å². The fourth-order valence-corrected chi connectivity index (χ4v) is 12.9. The SMILES string of the molecule is CCCN(CCC)C(=O)CCCC(=O)O.CCCNCCC.Cl.NCCN(CCN)C(=O)CCCC(=O)O.O=C(CCC(CN1C(=O)C=CC1=O)N1C(=O)C=CC1=O)ON1C(=O)CCC1=O.O=C(O)CCCC(=O)N(CCNC(=O)CCC(CN1C(=O)C=CC1=O)N1C(=O)C=CC1=O)CCNC(=O)CCC(CN1C(=O)C=CC1=O)N1C(=O)C=CC1=O.O=C1CCCC(=O)O1. The van der Waals surface area contributed by atoms with Crippen LogP contribution in [0.1, 0.15) is 182 Å². The van der Waals surface area contributed by atoms with Crippen molar-refractivity contribution in [2.24, 2.45) is 11.5 Å². The van der Waals surface area contributed by atoms with Gasteiger partial charge in [-0.3, -0.25) is 144 Å². The summed E-state index contributed by atoms with van der Waals surface area (Å²) < 4.78 is 4.21. The number of imide groups is 7. The molecule has 2 saturated heterocycles. The lowest BCUT2D eigenvalue weighted by atomic mass is 10.1. The molecule has 0 aliphatic carbocycles. The third-order valence-corrected chi connectivity index (χ3v) is 19.2. The third-order valence-electron chi connectivity index (χ3n) is 19.2. The van der Waals surface area contributed by atoms with Gasteiger partial charge in [0.05, 0.1) is 44.2 Å². The van der Waals surface area contributed by atoms with Crippen molar-refractivity contribution in [2.45, 2.75) is 200 Å². The van der Waals surface area contributed by atoms with Gasteiger partial charge in [-0.05, 0) is 83.7 Å². The average molecular weight is 1840 g/mol. The molecule has 10 N–H and O–H groups in total. The second-order valence-electron chi connectivity index (χ2n) is 29.2. The molecule has 710 valence electrons. The van der Waals surface area contributed by atoms with E-state index in [0.29, 0.717) is 69.8 Å². The summed E-state index contributed by atoms with van der Waals surface area (Å²) >= 11 is 0. The lowest BCUT2D eigenvalue weighted by Crippen LogP contribution is -2.49. The van der Waals surface area contributed by atoms with E-state index in [-0.39, 0.29) is 172 Å². The number of carboxylic acids is 3. The lowest BCUT2D eigenvalue weighted by molar-refractivity contribution is -0.197. The van der Waals surface area contributed by atoms with Gasteiger partial charge in [0.15, 0.2) is 0 Å². The van der Waals surface area contributed by atoms with Crippen molar-refractivity contribution < 1.29 is 145 Å². The Labute approximate surface area is 749 Å². The molecular weight excluding hydrogens is 1720 g/mol. The number of ether oxygens (including phenoxy) is 1. The first-order valence-electron chi connectivity index (χ1n) is 42.1. The van der Waals surface area contributed by atoms with Gasteiger partial charge in [-0.2, -0.15) is 0 Å². The lowest BCUT2D eigenvalue weighted by Gasteiger charge is -2.29. The Morgan fingerprint density at radius 3 is 0.915 bits per heavy atom. The number of aliphatic carboxylic acids is 3. The number of hydroxylamine groups is 2. The van der Waals surface area contributed by atoms with Crippen LogP contribution in [-0.4, -0.2) is 329 Å². The maximum absolute atomic E-state index is 13.0. The summed E-state index contributed by atoms with van der Waals surface area (Å²) in [4.78, 5) is 309. The van der Waals surface area contributed by atoms with E-state index in [1.165, 1.54) is 30.8 Å². The molecule has 0 aromatic heterocycles. The molecule has 8 heterocycles. The largest absolute Gasteiger partial charge is 0.481 e. The number of halogens is 1. The second-order valence-corrected chi connectivity index (χ2v) is 29.2. The smallest absolute Gasteiger partial charge is 0.333 e. The van der Waals surface area contributed by atoms with Crippen molar-refractivity contribution in [3.63, 3.8) is 0 Å². The molecule has 0 aromatic carbocycles. The number of carbonyl (C=O) groups is 25. The number of carbonyl (C=O) groups excluding carboxylic acids is 22. The summed E-state index contributed by atoms with van der Waals surface area (Å²) in [6.07, 6.45) is 18.3. The molecule has 8 aliphatic heterocycles. The van der Waals surface area contributed by atoms with Crippen molar-refractivity contribution >= 4 is 160 Å². The molecule has 45 nitrogen and oxygen atoms in total. The number of esters is 2. The van der Waals surface area contributed by atoms with Gasteiger partial charge in [0.25, 0.3) is 82.7 Å². The maximum Gasteiger partial charge on any atom is 0.333 e. The minimum Gasteiger partial charge on any atom is -0.481 e. The Kier molecular flexibility index (Phi) is 52.6. The van der Waals surface area contributed by atoms with Gasteiger partial charge in [0.1, 0.15) is 0 Å². The zero-order valence-corrected chi connectivity index (χ0v) is 73.5. The van der Waals surface area contributed by atoms with Crippen LogP contribution in [0.5, 0.6) is 0 Å². The Balaban J connectivity index is 0.000000625. The van der Waals surface area contributed by atoms with Crippen LogP contribution in [0.25, 0.3) is 0 Å². The zero-order valence-electron chi connectivity index (χ0n) is 72.6. The number of rotatable bonds is 49. The molecule has 2 fully saturated rings. The number of nitrogens with two attached hydrogens (primary N) is 2. The van der Waals surface area contributed by atoms with Gasteiger partial charge < -0.3 is 67.0 Å². The van der Waals surface area contributed by atoms with Crippen molar-refractivity contribution in [2.75, 3.05) is 98.2 Å². The predicted octanol–water partition coefficient (Wildman–Crippen LogP) is -1.17. The number of carboxylic acid groups (broad SMARTS) is 3. The summed E-state index contributed by atoms with van der Waals surface area (Å²) in [5, 5.41) is 34.7. The van der Waals surface area contributed by atoms with Crippen LogP contribution >= 0.6 is 12.4 Å². The zero-order chi connectivity index (χ0) is 95.5. The van der Waals surface area contributed by atoms with E-state index in [1.807, 2.05) is 18.7 Å². The quantitative estimate of drug-likeness (QED) is 0.0154. The summed E-state index contributed by atoms with van der Waals surface area (Å²) in [6.45, 7) is 12.9. The molecule has 8 rings (SSSR count). The van der Waals surface area contributed by atoms with Gasteiger partial charge in [-0.15, -0.1) is 17.5 Å². The number of cyclic esters (lactones) is 2. The average Bonchev–Trinajstić information content (AvgIpc) is 1.69. The molecular formula is C83H116ClN15O30. The van der Waals surface area contributed by atoms with Gasteiger partial charge in [0, 0.05) is 215 Å². The monoisotopic (exact) mass is 1840 g/mol. The molecule has 0 bridgehead atoms. The highest BCUT2D eigenvalue weighted by atomic mass is 35.5. The van der Waals surface area contributed by atoms with Crippen LogP contribution in [0.3, 0.4) is 0 Å². The minimum absolute atomic E-state index is 0. The van der Waals surface area contributed by atoms with E-state index in [9.17, 15) is 120 Å². The Bertz CT molecular complexity index is 3960. The summed E-state index contributed by atoms with van der Waals surface area (Å²) in [5.41, 5.74) is 10.7. The van der Waals surface area contributed by atoms with Crippen LogP contribution in [-0.2, 0) is 129 Å². The van der Waals surface area contributed by atoms with Crippen LogP contribution in [0, 0.1) is 0 Å². The molecule has 0 radical (unpaired) electrons. The summed E-state index contributed by atoms with van der Waals surface area (Å²) in [5.74, 6) is -14.9. The number of hydrogen-bond acceptors (Lipinski definition) is 30. The molecule has 19 amide bonds. The van der Waals surface area contributed by atoms with E-state index in [1.54, 1.807) is 4.90 Å². The second kappa shape index (κ2) is 60.6. The van der Waals surface area contributed by atoms with Crippen molar-refractivity contribution in [3.8, 4) is 0 Å². The highest BCUT2D eigenvalue weighted by Gasteiger charge is 2.41. The van der Waals surface area contributed by atoms with Crippen molar-refractivity contribution in [1.82, 2.24) is 65.1 Å². The maximum atomic E-state index is 13.0. The Hall–Kier alpha value is -13.0. The first-order valence-corrected chi connectivity index (χ1v) is 42.1. The van der Waals surface area contributed by atoms with Crippen molar-refractivity contribution in [1.29, 1.82) is 0 Å². The van der Waals surface area contributed by atoms with Gasteiger partial charge in [0.2, 0.25) is 29.5 Å². The molecule has 0 saturated carbocycles. The molecule has 3 unspecified atom stereocenters. The fraction of sp³-hybridized carbons (Fsp3) is 0.554. The molecule has 8 aliphatic rings. The predicted molar refractivity (Wildman–Crippen MR) is 451 cm³/mol. The Morgan fingerprint density at radius 1 is 0.372 bits per heavy atom. The van der Waals surface area contributed by atoms with E-state index in [0.717, 1.165) is 128 Å². The molecule has 0 spiro atoms. The minimum atomic E-state index is -1.10. The van der Waals surface area contributed by atoms with Crippen LogP contribution in [0.15, 0.2) is 72.9 Å². The van der Waals surface area contributed by atoms with Crippen LogP contribution < -0.4 is 27.4 Å². The van der Waals surface area contributed by atoms with Gasteiger partial charge in [-0.25, -0.2) is 4.79 Å². The first kappa shape index (κ1) is 112. The van der Waals surface area contributed by atoms with Crippen molar-refractivity contribution in [3.05, 3.63) is 72.9 Å². The van der Waals surface area contributed by atoms with E-state index in [4.69, 9.17) is 31.6 Å². The standard InChI is InChI=1S/C35H39N7O13.C17H15N3O8.C11H21NO3.C9H19N3O3.C6H15N.C5H6O3.ClH/c43-24(6-4-22(41-31(50)12-13-32(41)51)20-39-27(46)8-9-28(39)47)36-16-18-38(26(45)2-1-3-35(54)55)19-17-37-25(44)7-5-23(42-33(52)14-15-34(42)53)21-40-29(48)10-11-30(40)49;21-11-2-3-12(22)18(11)9-10(19-13(23)4-5-14(19)24)1-8-17(27)28-20-15(25)6-7-16(20)26;1-3-8-12(9-4-2)10(13)6-5-7-11(14)15;10-4-6-12(7-5-11)8(13)2-1-3-9(14)15;1-3-5-7-6-4-2;6-4-2-1-3-5(7)8-4;/h8-15,22-23H,1-7,16-21H2,(H,36,43)(H,37,44)(H,54,55);2-5,10H,1,6-9H2;3-9H2,1-2H3,(H,14,15);1-7,10-11H2,(H,14,15);7H,3-6H2,1-2H3;1-3H2;1H. The fourth-order valence-electron chi connectivity index (χ4n) is 12.9. The summed E-state index contributed by atoms with van der Waals surface area (Å²) in [6, 6.07) is -2.95. The highest BCUT2D eigenvalue weighted by Crippen LogP contribution is 2.23. The van der Waals surface area contributed by atoms with Gasteiger partial charge >= 0.3 is 35.8 Å². The highest BCUT2D eigenvalue weighted by molar-refractivity contribution is 6.17. The third kappa shape index (κ3) is 41.1. The van der Waals surface area contributed by atoms with Crippen LogP contribution in [0.2, 0.25) is 0 Å². The number of nitrogens with zero attached hydrogens (tertiary/aromatic N) is 10. The van der Waals surface area contributed by atoms with Crippen LogP contribution in [0.4, 0.5) is 0 Å². The number of amides is 19. The van der Waals surface area contributed by atoms with Gasteiger partial charge in [-0.1, -0.05) is 27.7 Å². The Morgan fingerprint density at radius 2 is 0.651 bits per heavy atom. The number of nitrogens with one attached hydrogen (secondary N) is 3. The van der Waals surface area contributed by atoms with E-state index >= 15 is 0 Å². The molecule has 46 heteroatoms. The molecule has 3 atom stereocenters.